The van der Waals surface area contributed by atoms with Crippen molar-refractivity contribution >= 4 is 25.0 Å². The number of hydrogen-bond donors (Lipinski definition) is 0. The van der Waals surface area contributed by atoms with Crippen molar-refractivity contribution in [2.75, 3.05) is 0 Å². The molecule has 0 aliphatic rings. The number of rotatable bonds is 0. The normalized spacial score (nSPS) is 7.12. The molecule has 0 N–H and O–H groups in total. The van der Waals surface area contributed by atoms with Gasteiger partial charge in [0.2, 0.25) is 0 Å². The Morgan fingerprint density at radius 3 is 1.50 bits per heavy atom. The van der Waals surface area contributed by atoms with E-state index in [0.29, 0.717) is 0 Å². The molecule has 8 heavy (non-hydrogen) atoms. The van der Waals surface area contributed by atoms with Crippen molar-refractivity contribution in [1.29, 1.82) is 0 Å². The van der Waals surface area contributed by atoms with Crippen LogP contribution in [0.4, 0.5) is 13.2 Å². The van der Waals surface area contributed by atoms with Crippen molar-refractivity contribution < 1.29 is 43.7 Å². The van der Waals surface area contributed by atoms with E-state index >= 15 is 0 Å². The zero-order chi connectivity index (χ0) is 6.99. The zero-order valence-corrected chi connectivity index (χ0v) is 9.19. The molecule has 0 aromatic heterocycles. The Morgan fingerprint density at radius 1 is 1.38 bits per heavy atom. The van der Waals surface area contributed by atoms with E-state index in [4.69, 9.17) is 0 Å². The second-order valence-corrected chi connectivity index (χ2v) is 13.1. The van der Waals surface area contributed by atoms with Gasteiger partial charge in [-0.1, -0.05) is 0 Å². The molecular weight excluding hydrogens is 508 g/mol. The van der Waals surface area contributed by atoms with E-state index in [1.807, 2.05) is 0 Å². The average Bonchev–Trinajstić information content (AvgIpc) is 1.69. The van der Waals surface area contributed by atoms with Crippen LogP contribution in [0, 0.1) is 36.9 Å². The van der Waals surface area contributed by atoms with Gasteiger partial charge in [0.25, 0.3) is 0 Å². The SMILES string of the molecule is F[C-]=C(F)F.[I][Yb][I]. The predicted octanol–water partition coefficient (Wildman–Crippen LogP) is 3.27. The summed E-state index contributed by atoms with van der Waals surface area (Å²) in [6.07, 6.45) is -2.30. The molecule has 0 amide bonds. The summed E-state index contributed by atoms with van der Waals surface area (Å²) < 4.78 is 30.5. The Labute approximate surface area is 78.6 Å². The Hall–Kier alpha value is 2.51. The van der Waals surface area contributed by atoms with Crippen LogP contribution in [0.3, 0.4) is 0 Å². The van der Waals surface area contributed by atoms with Crippen LogP contribution < -0.4 is 0 Å². The third-order valence-corrected chi connectivity index (χ3v) is 0.0714. The van der Waals surface area contributed by atoms with E-state index in [1.54, 1.807) is 0 Å². The van der Waals surface area contributed by atoms with Crippen molar-refractivity contribution in [2.45, 2.75) is 0 Å². The minimum atomic E-state index is -2.41. The molecule has 0 heterocycles. The van der Waals surface area contributed by atoms with Gasteiger partial charge in [-0.25, -0.2) is 15.1 Å². The van der Waals surface area contributed by atoms with Gasteiger partial charge in [0, 0.05) is 0 Å². The first-order chi connectivity index (χ1) is 3.68. The van der Waals surface area contributed by atoms with Crippen molar-refractivity contribution in [2.24, 2.45) is 0 Å². The fourth-order valence-electron chi connectivity index (χ4n) is 0. The zero-order valence-electron chi connectivity index (χ0n) is 3.16. The first-order valence-corrected chi connectivity index (χ1v) is 10.9. The van der Waals surface area contributed by atoms with Crippen LogP contribution in [0.5, 0.6) is 0 Å². The molecule has 0 bridgehead atoms. The van der Waals surface area contributed by atoms with Crippen molar-refractivity contribution in [1.82, 2.24) is 0 Å². The summed E-state index contributed by atoms with van der Waals surface area (Å²) >= 11 is 5.52. The molecule has 0 nitrogen and oxygen atoms in total. The molecule has 0 aliphatic carbocycles. The van der Waals surface area contributed by atoms with Crippen molar-refractivity contribution in [3.05, 3.63) is 12.4 Å². The maximum absolute atomic E-state index is 10.2. The minimum absolute atomic E-state index is 0.111. The van der Waals surface area contributed by atoms with Crippen LogP contribution in [0.2, 0.25) is 0 Å². The molecule has 6 heteroatoms. The van der Waals surface area contributed by atoms with Crippen LogP contribution in [0.1, 0.15) is 0 Å². The van der Waals surface area contributed by atoms with E-state index in [9.17, 15) is 13.2 Å². The Kier molecular flexibility index (Phi) is 20.0. The van der Waals surface area contributed by atoms with Crippen LogP contribution in [0.15, 0.2) is 6.08 Å². The fraction of sp³-hybridized carbons (Fsp3) is 0. The average molecular weight is 508 g/mol. The van der Waals surface area contributed by atoms with E-state index in [1.165, 1.54) is 0 Å². The molecule has 0 saturated heterocycles. The molecule has 0 unspecified atom stereocenters. The van der Waals surface area contributed by atoms with Gasteiger partial charge < -0.3 is 4.39 Å². The second kappa shape index (κ2) is 12.2. The molecule has 0 radical (unpaired) electrons. The number of hydrogen-bond acceptors (Lipinski definition) is 0. The molecular formula is C2F3I2Yb-. The molecule has 0 saturated carbocycles. The molecule has 0 fully saturated rings. The predicted molar refractivity (Wildman–Crippen MR) is 38.1 cm³/mol. The van der Waals surface area contributed by atoms with Gasteiger partial charge in [-0.15, -0.1) is 0 Å². The van der Waals surface area contributed by atoms with Crippen molar-refractivity contribution in [3.63, 3.8) is 0 Å². The van der Waals surface area contributed by atoms with Gasteiger partial charge in [0.1, 0.15) is 6.08 Å². The van der Waals surface area contributed by atoms with Gasteiger partial charge in [0.15, 0.2) is 0 Å². The first kappa shape index (κ1) is 13.1. The van der Waals surface area contributed by atoms with E-state index < -0.39 is 6.08 Å². The van der Waals surface area contributed by atoms with E-state index in [-0.39, 0.29) is 6.33 Å². The molecule has 0 aromatic rings. The van der Waals surface area contributed by atoms with Crippen LogP contribution >= 0.6 is 25.0 Å². The molecule has 58 valence electrons. The second-order valence-electron chi connectivity index (χ2n) is 0.393. The Morgan fingerprint density at radius 2 is 1.50 bits per heavy atom. The van der Waals surface area contributed by atoms with Crippen LogP contribution in [-0.4, -0.2) is 0 Å². The maximum atomic E-state index is 10.2. The van der Waals surface area contributed by atoms with Crippen LogP contribution in [0.25, 0.3) is 0 Å². The Balaban J connectivity index is 0. The van der Waals surface area contributed by atoms with Gasteiger partial charge in [-0.05, 0) is 0 Å². The summed E-state index contributed by atoms with van der Waals surface area (Å²) in [4.78, 5) is 0. The summed E-state index contributed by atoms with van der Waals surface area (Å²) in [7, 11) is 0. The van der Waals surface area contributed by atoms with Gasteiger partial charge in [0.05, 0.1) is 0 Å². The van der Waals surface area contributed by atoms with Gasteiger partial charge in [-0.3, -0.25) is 0 Å². The summed E-state index contributed by atoms with van der Waals surface area (Å²) in [5.74, 6) is 0. The first-order valence-electron chi connectivity index (χ1n) is 1.02. The summed E-state index contributed by atoms with van der Waals surface area (Å²) in [6, 6.07) is 0. The molecule has 0 rings (SSSR count). The van der Waals surface area contributed by atoms with E-state index in [0.717, 1.165) is 30.5 Å². The standard InChI is InChI=1S/C2F3.2HI.Yb/c3-1-2(4)5;;;/h;2*1H;/q-1;;;+2/p-2. The van der Waals surface area contributed by atoms with Crippen LogP contribution in [-0.2, 0) is 0 Å². The summed E-state index contributed by atoms with van der Waals surface area (Å²) in [6.45, 7) is 0. The third-order valence-electron chi connectivity index (χ3n) is 0.0714. The monoisotopic (exact) mass is 509 g/mol. The molecule has 0 spiro atoms. The Bertz CT molecular complexity index is 62.3. The molecule has 0 atom stereocenters. The topological polar surface area (TPSA) is 0 Å². The molecule has 0 aromatic carbocycles. The quantitative estimate of drug-likeness (QED) is 0.349. The summed E-state index contributed by atoms with van der Waals surface area (Å²) in [5, 5.41) is 0. The van der Waals surface area contributed by atoms with Gasteiger partial charge in [-0.2, -0.15) is 0 Å². The van der Waals surface area contributed by atoms with Crippen molar-refractivity contribution in [3.8, 4) is 0 Å². The molecule has 0 aliphatic heterocycles. The van der Waals surface area contributed by atoms with Gasteiger partial charge >= 0.3 is 55.5 Å². The van der Waals surface area contributed by atoms with E-state index in [2.05, 4.69) is 25.0 Å². The third kappa shape index (κ3) is 23.6. The fourth-order valence-corrected chi connectivity index (χ4v) is 0. The summed E-state index contributed by atoms with van der Waals surface area (Å²) in [5.41, 5.74) is 0. The number of halogens is 5.